The van der Waals surface area contributed by atoms with Gasteiger partial charge in [0.1, 0.15) is 5.82 Å². The topological polar surface area (TPSA) is 70.1 Å². The molecule has 0 unspecified atom stereocenters. The maximum absolute atomic E-state index is 12.8. The van der Waals surface area contributed by atoms with E-state index in [0.29, 0.717) is 17.8 Å². The number of ketones is 1. The van der Waals surface area contributed by atoms with E-state index in [2.05, 4.69) is 6.07 Å². The van der Waals surface area contributed by atoms with Gasteiger partial charge in [-0.05, 0) is 29.2 Å². The number of allylic oxidation sites excluding steroid dienone is 3. The van der Waals surface area contributed by atoms with Gasteiger partial charge in [0.15, 0.2) is 5.78 Å². The number of nitrogens with zero attached hydrogens (tertiary/aromatic N) is 2. The molecule has 0 saturated heterocycles. The quantitative estimate of drug-likeness (QED) is 0.868. The molecule has 4 nitrogen and oxygen atoms in total. The van der Waals surface area contributed by atoms with Crippen molar-refractivity contribution < 1.29 is 4.79 Å². The second-order valence-corrected chi connectivity index (χ2v) is 6.61. The molecule has 2 aromatic rings. The van der Waals surface area contributed by atoms with Crippen LogP contribution in [0.4, 0.5) is 0 Å². The molecule has 1 heterocycles. The number of rotatable bonds is 1. The zero-order valence-electron chi connectivity index (χ0n) is 14.1. The van der Waals surface area contributed by atoms with Crippen LogP contribution in [0.1, 0.15) is 30.7 Å². The van der Waals surface area contributed by atoms with Gasteiger partial charge >= 0.3 is 0 Å². The molecular weight excluding hydrogens is 310 g/mol. The lowest BCUT2D eigenvalue weighted by Crippen LogP contribution is -2.36. The molecule has 4 rings (SSSR count). The number of nitriles is 1. The van der Waals surface area contributed by atoms with Crippen LogP contribution in [0.2, 0.25) is 0 Å². The summed E-state index contributed by atoms with van der Waals surface area (Å²) >= 11 is 0. The zero-order valence-corrected chi connectivity index (χ0v) is 14.1. The predicted molar refractivity (Wildman–Crippen MR) is 97.2 cm³/mol. The molecule has 1 atom stereocenters. The van der Waals surface area contributed by atoms with E-state index in [1.807, 2.05) is 54.4 Å². The highest BCUT2D eigenvalue weighted by Crippen LogP contribution is 2.45. The summed E-state index contributed by atoms with van der Waals surface area (Å²) in [6.45, 7) is 0. The average molecular weight is 329 g/mol. The van der Waals surface area contributed by atoms with Crippen molar-refractivity contribution in [3.05, 3.63) is 70.7 Å². The Morgan fingerprint density at radius 3 is 2.72 bits per heavy atom. The third-order valence-electron chi connectivity index (χ3n) is 5.30. The fourth-order valence-corrected chi connectivity index (χ4v) is 4.08. The first kappa shape index (κ1) is 15.5. The number of nitrogens with two attached hydrogens (primary N) is 1. The molecule has 0 spiro atoms. The van der Waals surface area contributed by atoms with Gasteiger partial charge in [0.05, 0.1) is 17.6 Å². The molecule has 2 N–H and O–H groups in total. The molecule has 0 radical (unpaired) electrons. The van der Waals surface area contributed by atoms with Crippen molar-refractivity contribution in [3.63, 3.8) is 0 Å². The van der Waals surface area contributed by atoms with E-state index in [1.165, 1.54) is 0 Å². The Morgan fingerprint density at radius 1 is 1.16 bits per heavy atom. The molecule has 2 aromatic carbocycles. The average Bonchev–Trinajstić information content (AvgIpc) is 2.64. The summed E-state index contributed by atoms with van der Waals surface area (Å²) in [6.07, 6.45) is 2.18. The van der Waals surface area contributed by atoms with Crippen LogP contribution in [-0.2, 0) is 4.79 Å². The standard InChI is InChI=1S/C21H19N3O/c1-24-17-10-5-11-18(25)20(17)19(16(12-22)21(24)23)15-9-4-7-13-6-2-3-8-14(13)15/h2-4,6-9,19H,5,10-11,23H2,1H3/t19-/m1/s1. The van der Waals surface area contributed by atoms with Crippen molar-refractivity contribution in [2.45, 2.75) is 25.2 Å². The molecule has 0 bridgehead atoms. The summed E-state index contributed by atoms with van der Waals surface area (Å²) in [6, 6.07) is 16.4. The summed E-state index contributed by atoms with van der Waals surface area (Å²) < 4.78 is 0. The monoisotopic (exact) mass is 329 g/mol. The smallest absolute Gasteiger partial charge is 0.161 e. The first-order valence-electron chi connectivity index (χ1n) is 8.51. The molecule has 0 saturated carbocycles. The fraction of sp³-hybridized carbons (Fsp3) is 0.238. The first-order chi connectivity index (χ1) is 12.1. The Labute approximate surface area is 146 Å². The van der Waals surface area contributed by atoms with Gasteiger partial charge in [-0.1, -0.05) is 42.5 Å². The minimum Gasteiger partial charge on any atom is -0.384 e. The van der Waals surface area contributed by atoms with E-state index in [0.717, 1.165) is 40.4 Å². The van der Waals surface area contributed by atoms with Gasteiger partial charge in [-0.3, -0.25) is 4.79 Å². The summed E-state index contributed by atoms with van der Waals surface area (Å²) in [5, 5.41) is 12.0. The van der Waals surface area contributed by atoms with Crippen LogP contribution in [0.25, 0.3) is 10.8 Å². The van der Waals surface area contributed by atoms with Gasteiger partial charge in [0.25, 0.3) is 0 Å². The molecule has 124 valence electrons. The van der Waals surface area contributed by atoms with Gasteiger partial charge in [0, 0.05) is 24.7 Å². The number of Topliss-reactive ketones (excluding diaryl/α,β-unsaturated/α-hetero) is 1. The number of carbonyl (C=O) groups excluding carboxylic acids is 1. The van der Waals surface area contributed by atoms with E-state index < -0.39 is 0 Å². The fourth-order valence-electron chi connectivity index (χ4n) is 4.08. The second kappa shape index (κ2) is 5.78. The minimum atomic E-state index is -0.380. The van der Waals surface area contributed by atoms with Crippen molar-refractivity contribution in [1.82, 2.24) is 4.90 Å². The lowest BCUT2D eigenvalue weighted by atomic mass is 9.75. The van der Waals surface area contributed by atoms with Crippen molar-refractivity contribution in [2.75, 3.05) is 7.05 Å². The van der Waals surface area contributed by atoms with Crippen LogP contribution in [0.3, 0.4) is 0 Å². The highest BCUT2D eigenvalue weighted by atomic mass is 16.1. The Hall–Kier alpha value is -3.06. The van der Waals surface area contributed by atoms with Crippen LogP contribution in [0.15, 0.2) is 65.1 Å². The largest absolute Gasteiger partial charge is 0.384 e. The van der Waals surface area contributed by atoms with E-state index in [-0.39, 0.29) is 11.7 Å². The van der Waals surface area contributed by atoms with E-state index in [9.17, 15) is 10.1 Å². The maximum Gasteiger partial charge on any atom is 0.161 e. The maximum atomic E-state index is 12.8. The lowest BCUT2D eigenvalue weighted by Gasteiger charge is -2.38. The number of hydrogen-bond acceptors (Lipinski definition) is 4. The van der Waals surface area contributed by atoms with Crippen LogP contribution < -0.4 is 5.73 Å². The number of fused-ring (bicyclic) bond motifs is 1. The Bertz CT molecular complexity index is 988. The first-order valence-corrected chi connectivity index (χ1v) is 8.51. The summed E-state index contributed by atoms with van der Waals surface area (Å²) in [7, 11) is 1.85. The van der Waals surface area contributed by atoms with E-state index in [4.69, 9.17) is 5.73 Å². The lowest BCUT2D eigenvalue weighted by molar-refractivity contribution is -0.116. The number of hydrogen-bond donors (Lipinski definition) is 1. The molecule has 1 aliphatic heterocycles. The van der Waals surface area contributed by atoms with E-state index in [1.54, 1.807) is 0 Å². The van der Waals surface area contributed by atoms with Gasteiger partial charge in [-0.25, -0.2) is 0 Å². The van der Waals surface area contributed by atoms with Crippen LogP contribution in [-0.4, -0.2) is 17.7 Å². The SMILES string of the molecule is CN1C(N)=C(C#N)[C@@H](c2cccc3ccccc23)C2=C1CCCC2=O. The van der Waals surface area contributed by atoms with Crippen LogP contribution >= 0.6 is 0 Å². The molecule has 0 fully saturated rings. The second-order valence-electron chi connectivity index (χ2n) is 6.61. The zero-order chi connectivity index (χ0) is 17.6. The molecule has 2 aliphatic rings. The molecule has 0 amide bonds. The summed E-state index contributed by atoms with van der Waals surface area (Å²) in [5.74, 6) is 0.204. The minimum absolute atomic E-state index is 0.131. The van der Waals surface area contributed by atoms with Crippen molar-refractivity contribution >= 4 is 16.6 Å². The van der Waals surface area contributed by atoms with Crippen molar-refractivity contribution in [2.24, 2.45) is 5.73 Å². The van der Waals surface area contributed by atoms with Gasteiger partial charge in [-0.15, -0.1) is 0 Å². The Morgan fingerprint density at radius 2 is 1.92 bits per heavy atom. The number of carbonyl (C=O) groups is 1. The van der Waals surface area contributed by atoms with Crippen molar-refractivity contribution in [3.8, 4) is 6.07 Å². The Balaban J connectivity index is 2.04. The third-order valence-corrected chi connectivity index (χ3v) is 5.30. The molecule has 1 aliphatic carbocycles. The van der Waals surface area contributed by atoms with Crippen molar-refractivity contribution in [1.29, 1.82) is 5.26 Å². The molecule has 25 heavy (non-hydrogen) atoms. The normalized spacial score (nSPS) is 20.7. The third kappa shape index (κ3) is 2.24. The number of benzene rings is 2. The van der Waals surface area contributed by atoms with Gasteiger partial charge in [0.2, 0.25) is 0 Å². The van der Waals surface area contributed by atoms with E-state index >= 15 is 0 Å². The van der Waals surface area contributed by atoms with Crippen LogP contribution in [0, 0.1) is 11.3 Å². The molecular formula is C21H19N3O. The Kier molecular flexibility index (Phi) is 3.58. The highest BCUT2D eigenvalue weighted by molar-refractivity contribution is 6.01. The van der Waals surface area contributed by atoms with Gasteiger partial charge < -0.3 is 10.6 Å². The van der Waals surface area contributed by atoms with Gasteiger partial charge in [-0.2, -0.15) is 5.26 Å². The predicted octanol–water partition coefficient (Wildman–Crippen LogP) is 3.57. The summed E-state index contributed by atoms with van der Waals surface area (Å²) in [4.78, 5) is 14.6. The highest BCUT2D eigenvalue weighted by Gasteiger charge is 2.39. The summed E-state index contributed by atoms with van der Waals surface area (Å²) in [5.41, 5.74) is 9.45. The van der Waals surface area contributed by atoms with Crippen LogP contribution in [0.5, 0.6) is 0 Å². The molecule has 4 heteroatoms. The molecule has 0 aromatic heterocycles.